The van der Waals surface area contributed by atoms with Gasteiger partial charge in [0.1, 0.15) is 0 Å². The van der Waals surface area contributed by atoms with Crippen molar-refractivity contribution in [2.75, 3.05) is 5.73 Å². The number of rotatable bonds is 2. The quantitative estimate of drug-likeness (QED) is 0.649. The molecular formula is C11H12BrNS. The summed E-state index contributed by atoms with van der Waals surface area (Å²) in [4.78, 5) is 1.44. The van der Waals surface area contributed by atoms with Crippen LogP contribution in [0.1, 0.15) is 17.4 Å². The Hall–Kier alpha value is -0.540. The molecule has 14 heavy (non-hydrogen) atoms. The average molecular weight is 270 g/mol. The van der Waals surface area contributed by atoms with Crippen LogP contribution in [0.15, 0.2) is 18.2 Å². The van der Waals surface area contributed by atoms with Gasteiger partial charge in [-0.25, -0.2) is 0 Å². The van der Waals surface area contributed by atoms with Crippen LogP contribution in [-0.2, 0) is 11.8 Å². The monoisotopic (exact) mass is 269 g/mol. The van der Waals surface area contributed by atoms with Gasteiger partial charge < -0.3 is 5.73 Å². The van der Waals surface area contributed by atoms with Crippen molar-refractivity contribution < 1.29 is 0 Å². The van der Waals surface area contributed by atoms with E-state index in [4.69, 9.17) is 5.73 Å². The minimum absolute atomic E-state index is 0.893. The van der Waals surface area contributed by atoms with Crippen molar-refractivity contribution in [1.82, 2.24) is 0 Å². The van der Waals surface area contributed by atoms with Gasteiger partial charge in [-0.15, -0.1) is 11.3 Å². The van der Waals surface area contributed by atoms with Crippen molar-refractivity contribution in [3.8, 4) is 0 Å². The zero-order valence-corrected chi connectivity index (χ0v) is 10.4. The molecule has 1 aromatic carbocycles. The molecule has 3 heteroatoms. The van der Waals surface area contributed by atoms with Gasteiger partial charge in [0.2, 0.25) is 0 Å². The fourth-order valence-corrected chi connectivity index (χ4v) is 3.72. The molecule has 1 nitrogen and oxygen atoms in total. The predicted octanol–water partition coefficient (Wildman–Crippen LogP) is 3.94. The molecule has 0 bridgehead atoms. The standard InChI is InChI=1S/C11H12BrNS/c1-2-9-7(6-12)11-8(13)4-3-5-10(11)14-9/h3-5H,2,6,13H2,1H3. The summed E-state index contributed by atoms with van der Waals surface area (Å²) < 4.78 is 1.30. The molecule has 0 spiro atoms. The van der Waals surface area contributed by atoms with Gasteiger partial charge in [-0.1, -0.05) is 28.9 Å². The Morgan fingerprint density at radius 2 is 2.21 bits per heavy atom. The van der Waals surface area contributed by atoms with Crippen LogP contribution in [0.4, 0.5) is 5.69 Å². The summed E-state index contributed by atoms with van der Waals surface area (Å²) in [6.45, 7) is 2.19. The van der Waals surface area contributed by atoms with Gasteiger partial charge in [-0.3, -0.25) is 0 Å². The number of fused-ring (bicyclic) bond motifs is 1. The first-order valence-electron chi connectivity index (χ1n) is 4.62. The van der Waals surface area contributed by atoms with Crippen LogP contribution in [0.2, 0.25) is 0 Å². The van der Waals surface area contributed by atoms with Crippen LogP contribution in [0.25, 0.3) is 10.1 Å². The lowest BCUT2D eigenvalue weighted by Crippen LogP contribution is -1.88. The summed E-state index contributed by atoms with van der Waals surface area (Å²) in [6, 6.07) is 6.13. The molecule has 0 aliphatic carbocycles. The Morgan fingerprint density at radius 1 is 1.43 bits per heavy atom. The Bertz CT molecular complexity index is 462. The molecule has 0 aliphatic rings. The highest BCUT2D eigenvalue weighted by Crippen LogP contribution is 2.36. The van der Waals surface area contributed by atoms with Crippen LogP contribution in [-0.4, -0.2) is 0 Å². The van der Waals surface area contributed by atoms with Crippen molar-refractivity contribution >= 4 is 43.0 Å². The van der Waals surface area contributed by atoms with E-state index in [1.807, 2.05) is 23.5 Å². The normalized spacial score (nSPS) is 11.0. The molecule has 74 valence electrons. The summed E-state index contributed by atoms with van der Waals surface area (Å²) in [7, 11) is 0. The summed E-state index contributed by atoms with van der Waals surface area (Å²) >= 11 is 5.39. The van der Waals surface area contributed by atoms with Gasteiger partial charge in [-0.2, -0.15) is 0 Å². The molecular weight excluding hydrogens is 258 g/mol. The van der Waals surface area contributed by atoms with E-state index in [1.165, 1.54) is 20.5 Å². The fourth-order valence-electron chi connectivity index (χ4n) is 1.72. The highest BCUT2D eigenvalue weighted by molar-refractivity contribution is 9.08. The number of benzene rings is 1. The maximum absolute atomic E-state index is 5.99. The molecule has 2 aromatic rings. The van der Waals surface area contributed by atoms with Crippen LogP contribution < -0.4 is 5.73 Å². The number of thiophene rings is 1. The minimum atomic E-state index is 0.893. The molecule has 0 radical (unpaired) electrons. The van der Waals surface area contributed by atoms with Gasteiger partial charge in [0.25, 0.3) is 0 Å². The first-order chi connectivity index (χ1) is 6.77. The highest BCUT2D eigenvalue weighted by Gasteiger charge is 2.11. The second-order valence-electron chi connectivity index (χ2n) is 3.21. The Kier molecular flexibility index (Phi) is 2.79. The molecule has 0 unspecified atom stereocenters. The number of hydrogen-bond acceptors (Lipinski definition) is 2. The second-order valence-corrected chi connectivity index (χ2v) is 4.91. The van der Waals surface area contributed by atoms with Gasteiger partial charge in [0.15, 0.2) is 0 Å². The summed E-state index contributed by atoms with van der Waals surface area (Å²) in [5, 5.41) is 2.14. The Morgan fingerprint density at radius 3 is 2.86 bits per heavy atom. The van der Waals surface area contributed by atoms with Gasteiger partial charge in [-0.05, 0) is 24.1 Å². The maximum Gasteiger partial charge on any atom is 0.0405 e. The number of aryl methyl sites for hydroxylation is 1. The van der Waals surface area contributed by atoms with E-state index in [1.54, 1.807) is 0 Å². The zero-order chi connectivity index (χ0) is 10.1. The molecule has 0 saturated heterocycles. The molecule has 0 atom stereocenters. The maximum atomic E-state index is 5.99. The van der Waals surface area contributed by atoms with Crippen molar-refractivity contribution in [1.29, 1.82) is 0 Å². The van der Waals surface area contributed by atoms with Gasteiger partial charge in [0, 0.05) is 26.0 Å². The number of alkyl halides is 1. The number of anilines is 1. The predicted molar refractivity (Wildman–Crippen MR) is 68.2 cm³/mol. The number of halogens is 1. The molecule has 0 aliphatic heterocycles. The lowest BCUT2D eigenvalue weighted by molar-refractivity contribution is 1.16. The van der Waals surface area contributed by atoms with Crippen molar-refractivity contribution in [3.63, 3.8) is 0 Å². The summed E-state index contributed by atoms with van der Waals surface area (Å²) in [5.41, 5.74) is 8.25. The fraction of sp³-hybridized carbons (Fsp3) is 0.273. The van der Waals surface area contributed by atoms with E-state index in [2.05, 4.69) is 28.9 Å². The van der Waals surface area contributed by atoms with E-state index < -0.39 is 0 Å². The van der Waals surface area contributed by atoms with Crippen LogP contribution in [0.5, 0.6) is 0 Å². The Labute approximate surface area is 96.1 Å². The summed E-state index contributed by atoms with van der Waals surface area (Å²) in [6.07, 6.45) is 1.08. The lowest BCUT2D eigenvalue weighted by atomic mass is 10.1. The lowest BCUT2D eigenvalue weighted by Gasteiger charge is -1.99. The molecule has 0 saturated carbocycles. The van der Waals surface area contributed by atoms with E-state index >= 15 is 0 Å². The van der Waals surface area contributed by atoms with Crippen molar-refractivity contribution in [3.05, 3.63) is 28.6 Å². The Balaban J connectivity index is 2.81. The molecule has 0 fully saturated rings. The minimum Gasteiger partial charge on any atom is -0.398 e. The van der Waals surface area contributed by atoms with Crippen LogP contribution >= 0.6 is 27.3 Å². The average Bonchev–Trinajstić information content (AvgIpc) is 2.56. The third-order valence-electron chi connectivity index (χ3n) is 2.38. The van der Waals surface area contributed by atoms with Gasteiger partial charge in [0.05, 0.1) is 0 Å². The van der Waals surface area contributed by atoms with E-state index in [0.717, 1.165) is 17.4 Å². The smallest absolute Gasteiger partial charge is 0.0405 e. The van der Waals surface area contributed by atoms with Crippen molar-refractivity contribution in [2.24, 2.45) is 0 Å². The molecule has 2 N–H and O–H groups in total. The largest absolute Gasteiger partial charge is 0.398 e. The third-order valence-corrected chi connectivity index (χ3v) is 4.29. The van der Waals surface area contributed by atoms with Crippen molar-refractivity contribution in [2.45, 2.75) is 18.7 Å². The van der Waals surface area contributed by atoms with Crippen LogP contribution in [0.3, 0.4) is 0 Å². The number of nitrogens with two attached hydrogens (primary N) is 1. The summed E-state index contributed by atoms with van der Waals surface area (Å²) in [5.74, 6) is 0. The molecule has 0 amide bonds. The molecule has 1 heterocycles. The van der Waals surface area contributed by atoms with Gasteiger partial charge >= 0.3 is 0 Å². The first-order valence-corrected chi connectivity index (χ1v) is 6.56. The topological polar surface area (TPSA) is 26.0 Å². The molecule has 2 rings (SSSR count). The SMILES string of the molecule is CCc1sc2cccc(N)c2c1CBr. The number of nitrogen functional groups attached to an aromatic ring is 1. The molecule has 1 aromatic heterocycles. The highest BCUT2D eigenvalue weighted by atomic mass is 79.9. The van der Waals surface area contributed by atoms with E-state index in [0.29, 0.717) is 0 Å². The van der Waals surface area contributed by atoms with E-state index in [9.17, 15) is 0 Å². The van der Waals surface area contributed by atoms with E-state index in [-0.39, 0.29) is 0 Å². The third kappa shape index (κ3) is 1.44. The second kappa shape index (κ2) is 3.91. The first kappa shape index (κ1) is 9.99. The number of hydrogen-bond donors (Lipinski definition) is 1. The zero-order valence-electron chi connectivity index (χ0n) is 8.01. The van der Waals surface area contributed by atoms with Crippen LogP contribution in [0, 0.1) is 0 Å².